The first-order valence-electron chi connectivity index (χ1n) is 6.28. The molecule has 1 rings (SSSR count). The summed E-state index contributed by atoms with van der Waals surface area (Å²) in [5.41, 5.74) is 3.50. The lowest BCUT2D eigenvalue weighted by atomic mass is 9.73. The van der Waals surface area contributed by atoms with Crippen LogP contribution in [0.1, 0.15) is 68.2 Å². The predicted molar refractivity (Wildman–Crippen MR) is 76.9 cm³/mol. The maximum atomic E-state index is 4.54. The van der Waals surface area contributed by atoms with E-state index < -0.39 is 0 Å². The minimum absolute atomic E-state index is 0.384. The van der Waals surface area contributed by atoms with Crippen molar-refractivity contribution < 1.29 is 0 Å². The maximum Gasteiger partial charge on any atom is 0.00621 e. The fraction of sp³-hybridized carbons (Fsp3) is 0.857. The largest absolute Gasteiger partial charge is 0.176 e. The van der Waals surface area contributed by atoms with Crippen LogP contribution in [0.25, 0.3) is 0 Å². The average molecular weight is 230 g/mol. The fourth-order valence-corrected chi connectivity index (χ4v) is 2.63. The monoisotopic (exact) mass is 230 g/mol. The van der Waals surface area contributed by atoms with Gasteiger partial charge >= 0.3 is 0 Å². The highest BCUT2D eigenvalue weighted by molar-refractivity contribution is 7.80. The van der Waals surface area contributed by atoms with Crippen LogP contribution in [0, 0.1) is 5.41 Å². The standard InChI is InChI=1S/C10H18S.2C2H6/c1-7-5-9(11)6-10(3,4)8(7)2;2*1-2/h9,11H,5-6H2,1-4H3;2*1-2H3. The maximum absolute atomic E-state index is 4.54. The van der Waals surface area contributed by atoms with Gasteiger partial charge in [-0.05, 0) is 32.1 Å². The van der Waals surface area contributed by atoms with Crippen molar-refractivity contribution in [2.24, 2.45) is 5.41 Å². The first-order valence-corrected chi connectivity index (χ1v) is 6.80. The molecule has 92 valence electrons. The van der Waals surface area contributed by atoms with Crippen LogP contribution in [0.4, 0.5) is 0 Å². The van der Waals surface area contributed by atoms with E-state index in [4.69, 9.17) is 0 Å². The Bertz CT molecular complexity index is 190. The van der Waals surface area contributed by atoms with E-state index in [1.807, 2.05) is 27.7 Å². The van der Waals surface area contributed by atoms with Crippen LogP contribution in [0.3, 0.4) is 0 Å². The second kappa shape index (κ2) is 8.27. The fourth-order valence-electron chi connectivity index (χ4n) is 1.90. The van der Waals surface area contributed by atoms with Crippen molar-refractivity contribution in [1.82, 2.24) is 0 Å². The normalized spacial score (nSPS) is 23.4. The molecule has 0 saturated carbocycles. The van der Waals surface area contributed by atoms with Crippen molar-refractivity contribution in [3.63, 3.8) is 0 Å². The first kappa shape index (κ1) is 17.5. The Kier molecular flexibility index (Phi) is 9.63. The third-order valence-electron chi connectivity index (χ3n) is 2.94. The molecule has 0 spiro atoms. The van der Waals surface area contributed by atoms with Crippen molar-refractivity contribution in [1.29, 1.82) is 0 Å². The highest BCUT2D eigenvalue weighted by Gasteiger charge is 2.29. The van der Waals surface area contributed by atoms with Crippen molar-refractivity contribution in [3.05, 3.63) is 11.1 Å². The molecule has 0 amide bonds. The van der Waals surface area contributed by atoms with Gasteiger partial charge < -0.3 is 0 Å². The Balaban J connectivity index is 0. The van der Waals surface area contributed by atoms with Crippen molar-refractivity contribution in [2.75, 3.05) is 0 Å². The van der Waals surface area contributed by atoms with E-state index in [9.17, 15) is 0 Å². The van der Waals surface area contributed by atoms with Gasteiger partial charge in [-0.3, -0.25) is 0 Å². The summed E-state index contributed by atoms with van der Waals surface area (Å²) in [6.07, 6.45) is 2.40. The average Bonchev–Trinajstić information content (AvgIpc) is 2.20. The number of rotatable bonds is 0. The Morgan fingerprint density at radius 1 is 1.07 bits per heavy atom. The summed E-state index contributed by atoms with van der Waals surface area (Å²) in [5, 5.41) is 0.577. The van der Waals surface area contributed by atoms with Gasteiger partial charge in [0.1, 0.15) is 0 Å². The molecule has 0 nitrogen and oxygen atoms in total. The van der Waals surface area contributed by atoms with Gasteiger partial charge in [0.25, 0.3) is 0 Å². The van der Waals surface area contributed by atoms with Gasteiger partial charge in [0, 0.05) is 5.25 Å². The highest BCUT2D eigenvalue weighted by atomic mass is 32.1. The van der Waals surface area contributed by atoms with Crippen LogP contribution in [-0.4, -0.2) is 5.25 Å². The minimum atomic E-state index is 0.384. The molecule has 0 aromatic carbocycles. The van der Waals surface area contributed by atoms with E-state index in [-0.39, 0.29) is 0 Å². The highest BCUT2D eigenvalue weighted by Crippen LogP contribution is 2.41. The third kappa shape index (κ3) is 5.65. The van der Waals surface area contributed by atoms with E-state index in [1.165, 1.54) is 12.8 Å². The molecule has 1 atom stereocenters. The molecule has 0 saturated heterocycles. The lowest BCUT2D eigenvalue weighted by molar-refractivity contribution is 0.375. The zero-order valence-corrected chi connectivity index (χ0v) is 12.8. The summed E-state index contributed by atoms with van der Waals surface area (Å²) < 4.78 is 0. The van der Waals surface area contributed by atoms with Crippen molar-refractivity contribution >= 4 is 12.6 Å². The Hall–Kier alpha value is 0.0900. The molecule has 0 aromatic rings. The lowest BCUT2D eigenvalue weighted by Crippen LogP contribution is -2.24. The van der Waals surface area contributed by atoms with Crippen LogP contribution < -0.4 is 0 Å². The van der Waals surface area contributed by atoms with E-state index in [2.05, 4.69) is 40.3 Å². The molecular weight excluding hydrogens is 200 g/mol. The van der Waals surface area contributed by atoms with Crippen LogP contribution in [0.15, 0.2) is 11.1 Å². The van der Waals surface area contributed by atoms with E-state index in [0.29, 0.717) is 10.7 Å². The van der Waals surface area contributed by atoms with E-state index in [1.54, 1.807) is 11.1 Å². The van der Waals surface area contributed by atoms with Crippen LogP contribution in [0.5, 0.6) is 0 Å². The Labute approximate surface area is 103 Å². The second-order valence-electron chi connectivity index (χ2n) is 4.35. The molecule has 0 heterocycles. The Morgan fingerprint density at radius 3 is 1.80 bits per heavy atom. The van der Waals surface area contributed by atoms with Crippen LogP contribution in [-0.2, 0) is 0 Å². The molecule has 0 bridgehead atoms. The SMILES string of the molecule is CC.CC.CC1=C(C)C(C)(C)CC(S)C1. The summed E-state index contributed by atoms with van der Waals surface area (Å²) in [6, 6.07) is 0. The van der Waals surface area contributed by atoms with Gasteiger partial charge in [0.2, 0.25) is 0 Å². The molecule has 0 aromatic heterocycles. The Morgan fingerprint density at radius 2 is 1.47 bits per heavy atom. The summed E-state index contributed by atoms with van der Waals surface area (Å²) in [7, 11) is 0. The van der Waals surface area contributed by atoms with E-state index in [0.717, 1.165) is 0 Å². The van der Waals surface area contributed by atoms with Gasteiger partial charge in [-0.1, -0.05) is 52.7 Å². The van der Waals surface area contributed by atoms with Crippen LogP contribution >= 0.6 is 12.6 Å². The molecule has 0 N–H and O–H groups in total. The number of allylic oxidation sites excluding steroid dienone is 2. The quantitative estimate of drug-likeness (QED) is 0.412. The zero-order chi connectivity index (χ0) is 12.6. The molecule has 0 aliphatic heterocycles. The van der Waals surface area contributed by atoms with Gasteiger partial charge in [-0.15, -0.1) is 0 Å². The predicted octanol–water partition coefficient (Wildman–Crippen LogP) is 5.49. The number of hydrogen-bond donors (Lipinski definition) is 1. The van der Waals surface area contributed by atoms with Gasteiger partial charge in [0.15, 0.2) is 0 Å². The van der Waals surface area contributed by atoms with E-state index >= 15 is 0 Å². The molecule has 1 heteroatoms. The smallest absolute Gasteiger partial charge is 0.00621 e. The molecule has 1 aliphatic rings. The lowest BCUT2D eigenvalue weighted by Gasteiger charge is -2.35. The molecule has 0 fully saturated rings. The van der Waals surface area contributed by atoms with Gasteiger partial charge in [0.05, 0.1) is 0 Å². The summed E-state index contributed by atoms with van der Waals surface area (Å²) >= 11 is 4.54. The number of thiol groups is 1. The molecular formula is C14H30S. The second-order valence-corrected chi connectivity index (χ2v) is 5.08. The summed E-state index contributed by atoms with van der Waals surface area (Å²) in [6.45, 7) is 17.1. The first-order chi connectivity index (χ1) is 6.93. The number of hydrogen-bond acceptors (Lipinski definition) is 1. The summed E-state index contributed by atoms with van der Waals surface area (Å²) in [4.78, 5) is 0. The molecule has 1 aliphatic carbocycles. The zero-order valence-electron chi connectivity index (χ0n) is 11.9. The van der Waals surface area contributed by atoms with Gasteiger partial charge in [-0.25, -0.2) is 0 Å². The van der Waals surface area contributed by atoms with Crippen molar-refractivity contribution in [3.8, 4) is 0 Å². The molecule has 1 unspecified atom stereocenters. The van der Waals surface area contributed by atoms with Crippen LogP contribution in [0.2, 0.25) is 0 Å². The molecule has 15 heavy (non-hydrogen) atoms. The molecule has 0 radical (unpaired) electrons. The third-order valence-corrected chi connectivity index (χ3v) is 3.31. The minimum Gasteiger partial charge on any atom is -0.176 e. The summed E-state index contributed by atoms with van der Waals surface area (Å²) in [5.74, 6) is 0. The topological polar surface area (TPSA) is 0 Å². The van der Waals surface area contributed by atoms with Crippen molar-refractivity contribution in [2.45, 2.75) is 73.5 Å². The van der Waals surface area contributed by atoms with Gasteiger partial charge in [-0.2, -0.15) is 12.6 Å².